The van der Waals surface area contributed by atoms with E-state index in [4.69, 9.17) is 13.8 Å². The smallest absolute Gasteiger partial charge is 0.401 e. The molecule has 1 aromatic carbocycles. The first-order valence-electron chi connectivity index (χ1n) is 7.36. The van der Waals surface area contributed by atoms with Gasteiger partial charge in [-0.3, -0.25) is 9.36 Å². The molecule has 22 heavy (non-hydrogen) atoms. The van der Waals surface area contributed by atoms with Crippen molar-refractivity contribution < 1.29 is 23.1 Å². The van der Waals surface area contributed by atoms with Crippen molar-refractivity contribution in [3.8, 4) is 5.75 Å². The van der Waals surface area contributed by atoms with E-state index in [1.165, 1.54) is 0 Å². The normalized spacial score (nSPS) is 12.0. The Morgan fingerprint density at radius 2 is 1.45 bits per heavy atom. The number of carbonyl (C=O) groups excluding carboxylic acids is 1. The zero-order valence-electron chi connectivity index (χ0n) is 13.9. The van der Waals surface area contributed by atoms with Crippen molar-refractivity contribution in [3.05, 3.63) is 29.8 Å². The lowest BCUT2D eigenvalue weighted by atomic mass is 10.2. The number of hydrogen-bond donors (Lipinski definition) is 0. The maximum absolute atomic E-state index is 12.9. The molecule has 0 amide bonds. The summed E-state index contributed by atoms with van der Waals surface area (Å²) in [6.07, 6.45) is 0. The van der Waals surface area contributed by atoms with Crippen LogP contribution in [0.15, 0.2) is 24.3 Å². The van der Waals surface area contributed by atoms with Crippen LogP contribution in [0.25, 0.3) is 0 Å². The van der Waals surface area contributed by atoms with Gasteiger partial charge in [-0.2, -0.15) is 0 Å². The van der Waals surface area contributed by atoms with Crippen molar-refractivity contribution in [2.24, 2.45) is 11.8 Å². The summed E-state index contributed by atoms with van der Waals surface area (Å²) in [5, 5.41) is 0. The van der Waals surface area contributed by atoms with E-state index in [0.717, 1.165) is 0 Å². The molecule has 0 bridgehead atoms. The summed E-state index contributed by atoms with van der Waals surface area (Å²) < 4.78 is 28.6. The molecule has 0 saturated carbocycles. The quantitative estimate of drug-likeness (QED) is 0.630. The van der Waals surface area contributed by atoms with E-state index in [1.54, 1.807) is 31.4 Å². The molecule has 6 heteroatoms. The van der Waals surface area contributed by atoms with Gasteiger partial charge in [-0.1, -0.05) is 27.7 Å². The van der Waals surface area contributed by atoms with Gasteiger partial charge in [0.15, 0.2) is 0 Å². The number of methoxy groups -OCH3 is 1. The van der Waals surface area contributed by atoms with Crippen LogP contribution in [-0.2, 0) is 13.6 Å². The van der Waals surface area contributed by atoms with Gasteiger partial charge in [0.25, 0.3) is 5.52 Å². The molecule has 0 aliphatic carbocycles. The molecule has 5 nitrogen and oxygen atoms in total. The summed E-state index contributed by atoms with van der Waals surface area (Å²) >= 11 is 0. The van der Waals surface area contributed by atoms with E-state index < -0.39 is 13.1 Å². The van der Waals surface area contributed by atoms with Crippen LogP contribution >= 0.6 is 7.60 Å². The van der Waals surface area contributed by atoms with Gasteiger partial charge in [-0.05, 0) is 36.1 Å². The molecule has 1 aromatic rings. The Balaban J connectivity index is 2.96. The summed E-state index contributed by atoms with van der Waals surface area (Å²) in [4.78, 5) is 12.5. The van der Waals surface area contributed by atoms with Crippen LogP contribution in [0.3, 0.4) is 0 Å². The minimum atomic E-state index is -3.84. The second kappa shape index (κ2) is 8.47. The highest BCUT2D eigenvalue weighted by Crippen LogP contribution is 2.52. The molecule has 124 valence electrons. The van der Waals surface area contributed by atoms with Crippen molar-refractivity contribution in [1.29, 1.82) is 0 Å². The summed E-state index contributed by atoms with van der Waals surface area (Å²) in [6.45, 7) is 8.10. The second-order valence-corrected chi connectivity index (χ2v) is 7.83. The van der Waals surface area contributed by atoms with Crippen LogP contribution < -0.4 is 4.74 Å². The van der Waals surface area contributed by atoms with E-state index in [2.05, 4.69) is 0 Å². The summed E-state index contributed by atoms with van der Waals surface area (Å²) in [5.41, 5.74) is -0.326. The molecule has 0 aliphatic heterocycles. The molecule has 0 saturated heterocycles. The van der Waals surface area contributed by atoms with Crippen LogP contribution in [0.4, 0.5) is 0 Å². The van der Waals surface area contributed by atoms with Crippen molar-refractivity contribution in [2.75, 3.05) is 20.3 Å². The van der Waals surface area contributed by atoms with Gasteiger partial charge in [-0.15, -0.1) is 0 Å². The van der Waals surface area contributed by atoms with Crippen molar-refractivity contribution in [1.82, 2.24) is 0 Å². The van der Waals surface area contributed by atoms with Gasteiger partial charge in [-0.25, -0.2) is 0 Å². The van der Waals surface area contributed by atoms with E-state index in [0.29, 0.717) is 5.75 Å². The molecular formula is C16H25O5P. The molecule has 0 unspecified atom stereocenters. The number of rotatable bonds is 9. The fourth-order valence-electron chi connectivity index (χ4n) is 1.54. The summed E-state index contributed by atoms with van der Waals surface area (Å²) in [7, 11) is -2.30. The number of carbonyl (C=O) groups is 1. The van der Waals surface area contributed by atoms with Gasteiger partial charge in [0.05, 0.1) is 20.3 Å². The Labute approximate surface area is 132 Å². The highest BCUT2D eigenvalue weighted by Gasteiger charge is 2.36. The zero-order valence-corrected chi connectivity index (χ0v) is 14.8. The molecule has 0 N–H and O–H groups in total. The molecule has 0 heterocycles. The largest absolute Gasteiger partial charge is 0.497 e. The van der Waals surface area contributed by atoms with Gasteiger partial charge in [0.1, 0.15) is 5.75 Å². The van der Waals surface area contributed by atoms with Crippen molar-refractivity contribution >= 4 is 13.1 Å². The third-order valence-electron chi connectivity index (χ3n) is 2.74. The lowest BCUT2D eigenvalue weighted by Crippen LogP contribution is -2.13. The fourth-order valence-corrected chi connectivity index (χ4v) is 3.30. The lowest BCUT2D eigenvalue weighted by Gasteiger charge is -2.19. The first-order chi connectivity index (χ1) is 10.3. The molecule has 0 aliphatic rings. The van der Waals surface area contributed by atoms with E-state index in [9.17, 15) is 9.36 Å². The first kappa shape index (κ1) is 18.9. The Hall–Kier alpha value is -1.16. The molecule has 1 rings (SSSR count). The summed E-state index contributed by atoms with van der Waals surface area (Å²) in [5.74, 6) is 0.928. The zero-order chi connectivity index (χ0) is 16.8. The predicted molar refractivity (Wildman–Crippen MR) is 86.5 cm³/mol. The molecule has 0 atom stereocenters. The van der Waals surface area contributed by atoms with Crippen molar-refractivity contribution in [2.45, 2.75) is 27.7 Å². The van der Waals surface area contributed by atoms with Crippen LogP contribution in [0.1, 0.15) is 38.1 Å². The topological polar surface area (TPSA) is 61.8 Å². The number of benzene rings is 1. The molecule has 0 fully saturated rings. The Bertz CT molecular complexity index is 506. The molecular weight excluding hydrogens is 303 g/mol. The monoisotopic (exact) mass is 328 g/mol. The maximum Gasteiger partial charge on any atom is 0.401 e. The second-order valence-electron chi connectivity index (χ2n) is 5.91. The van der Waals surface area contributed by atoms with Gasteiger partial charge in [0, 0.05) is 5.56 Å². The highest BCUT2D eigenvalue weighted by molar-refractivity contribution is 7.72. The lowest BCUT2D eigenvalue weighted by molar-refractivity contribution is 0.0974. The standard InChI is InChI=1S/C16H25O5P/c1-12(2)10-20-22(18,21-11-13(3)4)16(17)14-6-8-15(19-5)9-7-14/h6-9,12-13H,10-11H2,1-5H3. The molecule has 0 radical (unpaired) electrons. The average Bonchev–Trinajstić information content (AvgIpc) is 2.50. The first-order valence-corrected chi connectivity index (χ1v) is 8.91. The fraction of sp³-hybridized carbons (Fsp3) is 0.562. The summed E-state index contributed by atoms with van der Waals surface area (Å²) in [6, 6.07) is 6.40. The predicted octanol–water partition coefficient (Wildman–Crippen LogP) is 4.37. The Morgan fingerprint density at radius 3 is 1.82 bits per heavy atom. The third kappa shape index (κ3) is 5.56. The Morgan fingerprint density at radius 1 is 1.00 bits per heavy atom. The maximum atomic E-state index is 12.9. The van der Waals surface area contributed by atoms with Crippen LogP contribution in [0.2, 0.25) is 0 Å². The minimum absolute atomic E-state index is 0.152. The van der Waals surface area contributed by atoms with Gasteiger partial charge >= 0.3 is 7.60 Å². The van der Waals surface area contributed by atoms with Gasteiger partial charge < -0.3 is 13.8 Å². The highest BCUT2D eigenvalue weighted by atomic mass is 31.2. The number of hydrogen-bond acceptors (Lipinski definition) is 5. The minimum Gasteiger partial charge on any atom is -0.497 e. The Kier molecular flexibility index (Phi) is 7.27. The van der Waals surface area contributed by atoms with Gasteiger partial charge in [0.2, 0.25) is 0 Å². The molecule has 0 aromatic heterocycles. The number of ether oxygens (including phenoxy) is 1. The van der Waals surface area contributed by atoms with Crippen LogP contribution in [-0.4, -0.2) is 25.8 Å². The average molecular weight is 328 g/mol. The molecule has 0 spiro atoms. The van der Waals surface area contributed by atoms with E-state index >= 15 is 0 Å². The van der Waals surface area contributed by atoms with E-state index in [-0.39, 0.29) is 30.6 Å². The third-order valence-corrected chi connectivity index (χ3v) is 4.48. The SMILES string of the molecule is COc1ccc(C(=O)P(=O)(OCC(C)C)OCC(C)C)cc1. The van der Waals surface area contributed by atoms with Crippen molar-refractivity contribution in [3.63, 3.8) is 0 Å². The van der Waals surface area contributed by atoms with Crippen LogP contribution in [0.5, 0.6) is 5.75 Å². The van der Waals surface area contributed by atoms with E-state index in [1.807, 2.05) is 27.7 Å². The van der Waals surface area contributed by atoms with Crippen LogP contribution in [0, 0.1) is 11.8 Å².